The second-order valence-electron chi connectivity index (χ2n) is 4.94. The number of anilines is 1. The van der Waals surface area contributed by atoms with E-state index in [-0.39, 0.29) is 0 Å². The highest BCUT2D eigenvalue weighted by Gasteiger charge is 2.18. The van der Waals surface area contributed by atoms with Crippen molar-refractivity contribution in [3.8, 4) is 11.8 Å². The lowest BCUT2D eigenvalue weighted by Crippen LogP contribution is -2.17. The third-order valence-corrected chi connectivity index (χ3v) is 3.36. The topological polar surface area (TPSA) is 95.0 Å². The van der Waals surface area contributed by atoms with Crippen molar-refractivity contribution in [2.75, 3.05) is 18.9 Å². The maximum absolute atomic E-state index is 6.03. The summed E-state index contributed by atoms with van der Waals surface area (Å²) in [7, 11) is 0. The first-order valence-electron chi connectivity index (χ1n) is 7.14. The molecular formula is C16H13N5O2. The van der Waals surface area contributed by atoms with Crippen molar-refractivity contribution in [1.29, 1.82) is 0 Å². The number of benzene rings is 2. The van der Waals surface area contributed by atoms with Crippen molar-refractivity contribution < 1.29 is 9.47 Å². The summed E-state index contributed by atoms with van der Waals surface area (Å²) in [5.74, 6) is 0.741. The number of hydrogen-bond acceptors (Lipinski definition) is 7. The van der Waals surface area contributed by atoms with Crippen LogP contribution in [0.15, 0.2) is 52.7 Å². The summed E-state index contributed by atoms with van der Waals surface area (Å²) in [6, 6.07) is 12.9. The fourth-order valence-corrected chi connectivity index (χ4v) is 2.26. The van der Waals surface area contributed by atoms with E-state index in [9.17, 15) is 0 Å². The normalized spacial score (nSPS) is 13.6. The highest BCUT2D eigenvalue weighted by Crippen LogP contribution is 2.36. The van der Waals surface area contributed by atoms with Crippen LogP contribution in [-0.2, 0) is 0 Å². The molecule has 0 aliphatic carbocycles. The van der Waals surface area contributed by atoms with Crippen molar-refractivity contribution in [2.45, 2.75) is 0 Å². The molecule has 0 amide bonds. The van der Waals surface area contributed by atoms with Gasteiger partial charge in [0.15, 0.2) is 0 Å². The van der Waals surface area contributed by atoms with Crippen LogP contribution in [0.5, 0.6) is 11.8 Å². The van der Waals surface area contributed by atoms with Crippen LogP contribution in [0.2, 0.25) is 0 Å². The first kappa shape index (κ1) is 13.4. The van der Waals surface area contributed by atoms with Crippen molar-refractivity contribution in [2.24, 2.45) is 10.2 Å². The Balaban J connectivity index is 1.84. The summed E-state index contributed by atoms with van der Waals surface area (Å²) in [5, 5.41) is 8.46. The SMILES string of the molecule is Nc1ccc2nc3c(nc2c1N=Nc1ccccc1)OCCO3. The van der Waals surface area contributed by atoms with Gasteiger partial charge in [0, 0.05) is 0 Å². The number of nitrogen functional groups attached to an aromatic ring is 1. The molecule has 1 aromatic heterocycles. The van der Waals surface area contributed by atoms with E-state index in [1.54, 1.807) is 12.1 Å². The molecule has 23 heavy (non-hydrogen) atoms. The van der Waals surface area contributed by atoms with Gasteiger partial charge in [-0.1, -0.05) is 18.2 Å². The number of aromatic nitrogens is 2. The Kier molecular flexibility index (Phi) is 3.23. The van der Waals surface area contributed by atoms with Gasteiger partial charge in [-0.05, 0) is 24.3 Å². The lowest BCUT2D eigenvalue weighted by atomic mass is 10.2. The van der Waals surface area contributed by atoms with Crippen molar-refractivity contribution in [1.82, 2.24) is 9.97 Å². The number of nitrogens with zero attached hydrogens (tertiary/aromatic N) is 4. The van der Waals surface area contributed by atoms with Gasteiger partial charge in [-0.15, -0.1) is 5.11 Å². The Bertz CT molecular complexity index is 896. The molecule has 2 heterocycles. The van der Waals surface area contributed by atoms with Crippen LogP contribution in [0, 0.1) is 0 Å². The first-order chi connectivity index (χ1) is 11.3. The van der Waals surface area contributed by atoms with Crippen LogP contribution in [0.25, 0.3) is 11.0 Å². The predicted molar refractivity (Wildman–Crippen MR) is 85.6 cm³/mol. The van der Waals surface area contributed by atoms with Gasteiger partial charge in [-0.25, -0.2) is 9.97 Å². The molecule has 0 atom stereocenters. The first-order valence-corrected chi connectivity index (χ1v) is 7.14. The third kappa shape index (κ3) is 2.52. The van der Waals surface area contributed by atoms with Crippen molar-refractivity contribution in [3.63, 3.8) is 0 Å². The summed E-state index contributed by atoms with van der Waals surface area (Å²) >= 11 is 0. The quantitative estimate of drug-likeness (QED) is 0.578. The molecule has 2 N–H and O–H groups in total. The molecule has 1 aliphatic rings. The summed E-state index contributed by atoms with van der Waals surface area (Å²) in [4.78, 5) is 8.85. The number of rotatable bonds is 2. The van der Waals surface area contributed by atoms with E-state index < -0.39 is 0 Å². The van der Waals surface area contributed by atoms with Crippen LogP contribution in [0.4, 0.5) is 17.1 Å². The zero-order chi connectivity index (χ0) is 15.6. The molecule has 0 bridgehead atoms. The highest BCUT2D eigenvalue weighted by molar-refractivity contribution is 5.93. The average molecular weight is 307 g/mol. The van der Waals surface area contributed by atoms with Gasteiger partial charge in [-0.2, -0.15) is 5.11 Å². The molecule has 7 heteroatoms. The third-order valence-electron chi connectivity index (χ3n) is 3.36. The predicted octanol–water partition coefficient (Wildman–Crippen LogP) is 3.40. The standard InChI is InChI=1S/C16H13N5O2/c17-11-6-7-12-14(19-16-15(18-12)22-8-9-23-16)13(11)21-20-10-4-2-1-3-5-10/h1-7H,8-9,17H2. The fraction of sp³-hybridized carbons (Fsp3) is 0.125. The van der Waals surface area contributed by atoms with Gasteiger partial charge < -0.3 is 15.2 Å². The summed E-state index contributed by atoms with van der Waals surface area (Å²) < 4.78 is 10.9. The minimum Gasteiger partial charge on any atom is -0.470 e. The number of ether oxygens (including phenoxy) is 2. The van der Waals surface area contributed by atoms with E-state index in [1.165, 1.54) is 0 Å². The fourth-order valence-electron chi connectivity index (χ4n) is 2.26. The number of fused-ring (bicyclic) bond motifs is 2. The molecule has 0 unspecified atom stereocenters. The van der Waals surface area contributed by atoms with E-state index in [0.717, 1.165) is 5.69 Å². The van der Waals surface area contributed by atoms with Gasteiger partial charge in [0.05, 0.1) is 16.9 Å². The molecule has 4 rings (SSSR count). The van der Waals surface area contributed by atoms with Crippen LogP contribution in [0.3, 0.4) is 0 Å². The molecule has 0 spiro atoms. The number of nitrogens with two attached hydrogens (primary N) is 1. The number of hydrogen-bond donors (Lipinski definition) is 1. The lowest BCUT2D eigenvalue weighted by molar-refractivity contribution is 0.158. The van der Waals surface area contributed by atoms with Crippen LogP contribution in [-0.4, -0.2) is 23.2 Å². The minimum absolute atomic E-state index is 0.352. The van der Waals surface area contributed by atoms with Gasteiger partial charge in [0.25, 0.3) is 11.8 Å². The van der Waals surface area contributed by atoms with E-state index in [1.807, 2.05) is 30.3 Å². The second-order valence-corrected chi connectivity index (χ2v) is 4.94. The maximum atomic E-state index is 6.03. The summed E-state index contributed by atoms with van der Waals surface area (Å²) in [6.07, 6.45) is 0. The monoisotopic (exact) mass is 307 g/mol. The molecule has 0 radical (unpaired) electrons. The van der Waals surface area contributed by atoms with Crippen LogP contribution in [0.1, 0.15) is 0 Å². The number of azo groups is 1. The average Bonchev–Trinajstić information content (AvgIpc) is 2.60. The van der Waals surface area contributed by atoms with Crippen molar-refractivity contribution in [3.05, 3.63) is 42.5 Å². The van der Waals surface area contributed by atoms with Gasteiger partial charge in [0.2, 0.25) is 0 Å². The highest BCUT2D eigenvalue weighted by atomic mass is 16.6. The Morgan fingerprint density at radius 2 is 1.61 bits per heavy atom. The zero-order valence-corrected chi connectivity index (χ0v) is 12.1. The van der Waals surface area contributed by atoms with Crippen molar-refractivity contribution >= 4 is 28.1 Å². The molecule has 114 valence electrons. The minimum atomic E-state index is 0.352. The molecule has 2 aromatic carbocycles. The van der Waals surface area contributed by atoms with Gasteiger partial charge >= 0.3 is 0 Å². The second kappa shape index (κ2) is 5.53. The Morgan fingerprint density at radius 3 is 2.39 bits per heavy atom. The molecule has 1 aliphatic heterocycles. The van der Waals surface area contributed by atoms with E-state index >= 15 is 0 Å². The van der Waals surface area contributed by atoms with Crippen LogP contribution >= 0.6 is 0 Å². The lowest BCUT2D eigenvalue weighted by Gasteiger charge is -2.16. The van der Waals surface area contributed by atoms with E-state index in [4.69, 9.17) is 15.2 Å². The Hall–Kier alpha value is -3.22. The molecule has 3 aromatic rings. The van der Waals surface area contributed by atoms with Gasteiger partial charge in [0.1, 0.15) is 24.4 Å². The summed E-state index contributed by atoms with van der Waals surface area (Å²) in [6.45, 7) is 0.902. The molecule has 0 saturated carbocycles. The Morgan fingerprint density at radius 1 is 0.870 bits per heavy atom. The molecule has 7 nitrogen and oxygen atoms in total. The summed E-state index contributed by atoms with van der Waals surface area (Å²) in [5.41, 5.74) is 8.87. The smallest absolute Gasteiger partial charge is 0.278 e. The maximum Gasteiger partial charge on any atom is 0.278 e. The van der Waals surface area contributed by atoms with Gasteiger partial charge in [-0.3, -0.25) is 0 Å². The van der Waals surface area contributed by atoms with E-state index in [2.05, 4.69) is 20.2 Å². The van der Waals surface area contributed by atoms with Crippen LogP contribution < -0.4 is 15.2 Å². The van der Waals surface area contributed by atoms with E-state index in [0.29, 0.717) is 47.4 Å². The zero-order valence-electron chi connectivity index (χ0n) is 12.1. The molecular weight excluding hydrogens is 294 g/mol. The largest absolute Gasteiger partial charge is 0.470 e. The molecule has 0 fully saturated rings. The molecule has 0 saturated heterocycles. The Labute approximate surface area is 131 Å².